The van der Waals surface area contributed by atoms with E-state index < -0.39 is 11.3 Å². The van der Waals surface area contributed by atoms with Crippen LogP contribution in [0.5, 0.6) is 0 Å². The zero-order chi connectivity index (χ0) is 19.3. The molecule has 25 heavy (non-hydrogen) atoms. The summed E-state index contributed by atoms with van der Waals surface area (Å²) < 4.78 is 6.61. The Kier molecular flexibility index (Phi) is 7.67. The summed E-state index contributed by atoms with van der Waals surface area (Å²) in [5.41, 5.74) is 2.13. The molecular formula is C18H27ClN2O4. The normalized spacial score (nSPS) is 12.0. The van der Waals surface area contributed by atoms with E-state index in [0.717, 1.165) is 6.42 Å². The van der Waals surface area contributed by atoms with Gasteiger partial charge in [-0.1, -0.05) is 6.92 Å². The molecule has 0 aliphatic heterocycles. The zero-order valence-electron chi connectivity index (χ0n) is 15.8. The van der Waals surface area contributed by atoms with Crippen LogP contribution in [-0.2, 0) is 16.1 Å². The number of halogens is 1. The lowest BCUT2D eigenvalue weighted by Gasteiger charge is -2.22. The summed E-state index contributed by atoms with van der Waals surface area (Å²) >= 11 is 5.90. The van der Waals surface area contributed by atoms with Crippen molar-refractivity contribution in [2.45, 2.75) is 53.0 Å². The summed E-state index contributed by atoms with van der Waals surface area (Å²) in [7, 11) is 1.31. The summed E-state index contributed by atoms with van der Waals surface area (Å²) in [6.07, 6.45) is 0.726. The quantitative estimate of drug-likeness (QED) is 0.401. The molecule has 0 N–H and O–H groups in total. The Bertz CT molecular complexity index is 665. The third-order valence-corrected chi connectivity index (χ3v) is 4.41. The molecule has 1 atom stereocenters. The van der Waals surface area contributed by atoms with E-state index in [1.54, 1.807) is 25.3 Å². The number of hydrogen-bond donors (Lipinski definition) is 0. The first-order chi connectivity index (χ1) is 11.7. The Morgan fingerprint density at radius 2 is 1.84 bits per heavy atom. The van der Waals surface area contributed by atoms with Gasteiger partial charge in [0.15, 0.2) is 5.78 Å². The number of carbonyl (C=O) groups is 3. The molecule has 0 saturated carbocycles. The van der Waals surface area contributed by atoms with Gasteiger partial charge in [-0.15, -0.1) is 11.6 Å². The van der Waals surface area contributed by atoms with Crippen LogP contribution < -0.4 is 0 Å². The van der Waals surface area contributed by atoms with Gasteiger partial charge in [-0.25, -0.2) is 4.79 Å². The van der Waals surface area contributed by atoms with Crippen molar-refractivity contribution in [2.75, 3.05) is 20.2 Å². The monoisotopic (exact) mass is 370 g/mol. The molecular weight excluding hydrogens is 344 g/mol. The lowest BCUT2D eigenvalue weighted by atomic mass is 10.0. The molecule has 0 radical (unpaired) electrons. The van der Waals surface area contributed by atoms with E-state index in [9.17, 15) is 14.4 Å². The molecule has 0 fully saturated rings. The van der Waals surface area contributed by atoms with Crippen LogP contribution in [0.25, 0.3) is 0 Å². The molecule has 7 heteroatoms. The number of nitrogens with zero attached hydrogens (tertiary/aromatic N) is 2. The lowest BCUT2D eigenvalue weighted by molar-refractivity contribution is -0.130. The zero-order valence-corrected chi connectivity index (χ0v) is 16.6. The second-order valence-corrected chi connectivity index (χ2v) is 6.62. The van der Waals surface area contributed by atoms with E-state index in [0.29, 0.717) is 35.6 Å². The van der Waals surface area contributed by atoms with E-state index in [2.05, 4.69) is 0 Å². The summed E-state index contributed by atoms with van der Waals surface area (Å²) in [4.78, 5) is 38.7. The number of methoxy groups -OCH3 is 1. The number of ether oxygens (including phenoxy) is 1. The van der Waals surface area contributed by atoms with Gasteiger partial charge in [0.2, 0.25) is 5.91 Å². The Balaban J connectivity index is 3.27. The van der Waals surface area contributed by atoms with Gasteiger partial charge >= 0.3 is 5.97 Å². The number of Topliss-reactive ketones (excluding diaryl/α,β-unsaturated/α-hetero) is 1. The Morgan fingerprint density at radius 1 is 1.24 bits per heavy atom. The molecule has 1 aromatic heterocycles. The maximum absolute atomic E-state index is 12.9. The SMILES string of the molecule is CCCN(CC(=O)c1c(C)c(C(=O)OC)n(CC)c1C)C(=O)[C@@H](C)Cl. The molecule has 1 aromatic rings. The highest BCUT2D eigenvalue weighted by Gasteiger charge is 2.28. The standard InChI is InChI=1S/C18H27ClN2O4/c1-7-9-20(17(23)12(4)19)10-14(22)15-11(3)16(18(24)25-6)21(8-2)13(15)5/h12H,7-10H2,1-6H3/t12-/m1/s1. The molecule has 0 unspecified atom stereocenters. The fourth-order valence-corrected chi connectivity index (χ4v) is 3.24. The summed E-state index contributed by atoms with van der Waals surface area (Å²) in [5, 5.41) is -0.688. The first-order valence-electron chi connectivity index (χ1n) is 8.45. The third kappa shape index (κ3) is 4.42. The van der Waals surface area contributed by atoms with Gasteiger partial charge in [0, 0.05) is 24.3 Å². The number of rotatable bonds is 8. The second kappa shape index (κ2) is 9.04. The van der Waals surface area contributed by atoms with Crippen LogP contribution in [0.2, 0.25) is 0 Å². The van der Waals surface area contributed by atoms with Crippen LogP contribution in [0.1, 0.15) is 59.3 Å². The molecule has 1 heterocycles. The molecule has 0 bridgehead atoms. The van der Waals surface area contributed by atoms with Crippen LogP contribution in [0.4, 0.5) is 0 Å². The molecule has 0 aromatic carbocycles. The Morgan fingerprint density at radius 3 is 2.28 bits per heavy atom. The molecule has 6 nitrogen and oxygen atoms in total. The van der Waals surface area contributed by atoms with Gasteiger partial charge in [0.05, 0.1) is 13.7 Å². The van der Waals surface area contributed by atoms with Crippen molar-refractivity contribution in [3.63, 3.8) is 0 Å². The Hall–Kier alpha value is -1.82. The predicted octanol–water partition coefficient (Wildman–Crippen LogP) is 2.96. The molecule has 0 aliphatic rings. The van der Waals surface area contributed by atoms with Crippen LogP contribution in [0.3, 0.4) is 0 Å². The minimum atomic E-state index is -0.688. The molecule has 1 rings (SSSR count). The number of esters is 1. The predicted molar refractivity (Wildman–Crippen MR) is 97.4 cm³/mol. The van der Waals surface area contributed by atoms with E-state index in [1.807, 2.05) is 13.8 Å². The summed E-state index contributed by atoms with van der Waals surface area (Å²) in [5.74, 6) is -0.945. The first-order valence-corrected chi connectivity index (χ1v) is 8.88. The maximum atomic E-state index is 12.9. The second-order valence-electron chi connectivity index (χ2n) is 5.97. The average Bonchev–Trinajstić information content (AvgIpc) is 2.82. The van der Waals surface area contributed by atoms with Crippen LogP contribution in [0.15, 0.2) is 0 Å². The Labute approximate surface area is 154 Å². The molecule has 140 valence electrons. The van der Waals surface area contributed by atoms with E-state index in [1.165, 1.54) is 12.0 Å². The molecule has 0 spiro atoms. The fourth-order valence-electron chi connectivity index (χ4n) is 3.10. The molecule has 1 amide bonds. The van der Waals surface area contributed by atoms with Crippen molar-refractivity contribution in [1.82, 2.24) is 9.47 Å². The van der Waals surface area contributed by atoms with E-state index >= 15 is 0 Å². The van der Waals surface area contributed by atoms with Gasteiger partial charge in [0.1, 0.15) is 11.1 Å². The topological polar surface area (TPSA) is 68.6 Å². The van der Waals surface area contributed by atoms with Gasteiger partial charge in [0.25, 0.3) is 0 Å². The van der Waals surface area contributed by atoms with Gasteiger partial charge < -0.3 is 14.2 Å². The number of ketones is 1. The minimum absolute atomic E-state index is 0.0558. The summed E-state index contributed by atoms with van der Waals surface area (Å²) in [6, 6.07) is 0. The van der Waals surface area contributed by atoms with Gasteiger partial charge in [-0.3, -0.25) is 9.59 Å². The number of aromatic nitrogens is 1. The number of hydrogen-bond acceptors (Lipinski definition) is 4. The minimum Gasteiger partial charge on any atom is -0.464 e. The highest BCUT2D eigenvalue weighted by molar-refractivity contribution is 6.30. The highest BCUT2D eigenvalue weighted by Crippen LogP contribution is 2.24. The van der Waals surface area contributed by atoms with Crippen molar-refractivity contribution in [1.29, 1.82) is 0 Å². The fraction of sp³-hybridized carbons (Fsp3) is 0.611. The van der Waals surface area contributed by atoms with Crippen molar-refractivity contribution >= 4 is 29.3 Å². The highest BCUT2D eigenvalue weighted by atomic mass is 35.5. The molecule has 0 saturated heterocycles. The molecule has 0 aliphatic carbocycles. The van der Waals surface area contributed by atoms with Crippen LogP contribution in [0, 0.1) is 13.8 Å². The van der Waals surface area contributed by atoms with Crippen molar-refractivity contribution in [3.8, 4) is 0 Å². The van der Waals surface area contributed by atoms with Crippen molar-refractivity contribution in [3.05, 3.63) is 22.5 Å². The third-order valence-electron chi connectivity index (χ3n) is 4.22. The van der Waals surface area contributed by atoms with E-state index in [-0.39, 0.29) is 18.2 Å². The van der Waals surface area contributed by atoms with Crippen LogP contribution >= 0.6 is 11.6 Å². The smallest absolute Gasteiger partial charge is 0.354 e. The van der Waals surface area contributed by atoms with Crippen LogP contribution in [-0.4, -0.2) is 52.7 Å². The first kappa shape index (κ1) is 21.2. The number of carbonyl (C=O) groups excluding carboxylic acids is 3. The van der Waals surface area contributed by atoms with Gasteiger partial charge in [-0.2, -0.15) is 0 Å². The summed E-state index contributed by atoms with van der Waals surface area (Å²) in [6.45, 7) is 9.90. The van der Waals surface area contributed by atoms with Crippen molar-refractivity contribution in [2.24, 2.45) is 0 Å². The average molecular weight is 371 g/mol. The van der Waals surface area contributed by atoms with Crippen molar-refractivity contribution < 1.29 is 19.1 Å². The van der Waals surface area contributed by atoms with Gasteiger partial charge in [-0.05, 0) is 39.7 Å². The largest absolute Gasteiger partial charge is 0.464 e. The number of alkyl halides is 1. The lowest BCUT2D eigenvalue weighted by Crippen LogP contribution is -2.40. The maximum Gasteiger partial charge on any atom is 0.354 e. The van der Waals surface area contributed by atoms with E-state index in [4.69, 9.17) is 16.3 Å². The number of amides is 1.